The highest BCUT2D eigenvalue weighted by Gasteiger charge is 2.32. The van der Waals surface area contributed by atoms with E-state index in [9.17, 15) is 5.26 Å². The van der Waals surface area contributed by atoms with Crippen LogP contribution in [0.4, 0.5) is 0 Å². The van der Waals surface area contributed by atoms with Gasteiger partial charge in [0.25, 0.3) is 0 Å². The number of hydrogen-bond acceptors (Lipinski definition) is 3. The van der Waals surface area contributed by atoms with Crippen molar-refractivity contribution in [2.24, 2.45) is 5.92 Å². The first-order valence-corrected chi connectivity index (χ1v) is 15.7. The Labute approximate surface area is 248 Å². The highest BCUT2D eigenvalue weighted by atomic mass is 16.5. The Morgan fingerprint density at radius 3 is 2.02 bits per heavy atom. The van der Waals surface area contributed by atoms with Crippen LogP contribution in [0.5, 0.6) is 5.75 Å². The molecule has 1 aliphatic rings. The first kappa shape index (κ1) is 37.4. The van der Waals surface area contributed by atoms with Gasteiger partial charge in [0.1, 0.15) is 5.75 Å². The van der Waals surface area contributed by atoms with Gasteiger partial charge < -0.3 is 10.1 Å². The predicted octanol–water partition coefficient (Wildman–Crippen LogP) is 10.5. The molecule has 0 heterocycles. The van der Waals surface area contributed by atoms with Crippen LogP contribution in [-0.4, -0.2) is 19.2 Å². The molecule has 1 N–H and O–H groups in total. The Hall–Kier alpha value is -2.57. The summed E-state index contributed by atoms with van der Waals surface area (Å²) in [5.74, 6) is 1.59. The van der Waals surface area contributed by atoms with Gasteiger partial charge in [0.15, 0.2) is 0 Å². The van der Waals surface area contributed by atoms with Crippen LogP contribution in [0.1, 0.15) is 128 Å². The van der Waals surface area contributed by atoms with Crippen LogP contribution in [0.15, 0.2) is 49.1 Å². The average Bonchev–Trinajstić information content (AvgIpc) is 3.00. The molecule has 0 radical (unpaired) electrons. The van der Waals surface area contributed by atoms with Crippen LogP contribution in [-0.2, 0) is 5.41 Å². The van der Waals surface area contributed by atoms with E-state index in [0.29, 0.717) is 11.5 Å². The monoisotopic (exact) mass is 548 g/mol. The quantitative estimate of drug-likeness (QED) is 0.317. The summed E-state index contributed by atoms with van der Waals surface area (Å²) < 4.78 is 6.16. The number of ether oxygens (including phenoxy) is 1. The number of benzene rings is 2. The molecule has 0 amide bonds. The molecule has 3 rings (SSSR count). The van der Waals surface area contributed by atoms with E-state index in [1.54, 1.807) is 0 Å². The van der Waals surface area contributed by atoms with Crippen LogP contribution < -0.4 is 10.1 Å². The molecule has 3 nitrogen and oxygen atoms in total. The second-order valence-corrected chi connectivity index (χ2v) is 10.9. The lowest BCUT2D eigenvalue weighted by atomic mass is 9.75. The smallest absolute Gasteiger partial charge is 0.119 e. The maximum absolute atomic E-state index is 9.49. The average molecular weight is 549 g/mol. The van der Waals surface area contributed by atoms with Gasteiger partial charge in [0.05, 0.1) is 18.2 Å². The lowest BCUT2D eigenvalue weighted by Crippen LogP contribution is -2.45. The molecule has 3 heteroatoms. The lowest BCUT2D eigenvalue weighted by molar-refractivity contribution is 0.146. The van der Waals surface area contributed by atoms with E-state index in [0.717, 1.165) is 29.9 Å². The Morgan fingerprint density at radius 1 is 1.02 bits per heavy atom. The van der Waals surface area contributed by atoms with Crippen LogP contribution in [0.25, 0.3) is 0 Å². The fourth-order valence-corrected chi connectivity index (χ4v) is 5.07. The molecule has 0 unspecified atom stereocenters. The summed E-state index contributed by atoms with van der Waals surface area (Å²) in [5, 5.41) is 13.0. The molecule has 0 saturated heterocycles. The Morgan fingerprint density at radius 2 is 1.60 bits per heavy atom. The van der Waals surface area contributed by atoms with Gasteiger partial charge in [-0.1, -0.05) is 86.1 Å². The second-order valence-electron chi connectivity index (χ2n) is 10.9. The van der Waals surface area contributed by atoms with Crippen molar-refractivity contribution in [2.75, 3.05) is 13.7 Å². The number of rotatable bonds is 9. The summed E-state index contributed by atoms with van der Waals surface area (Å²) in [7, 11) is 2.10. The summed E-state index contributed by atoms with van der Waals surface area (Å²) in [6.07, 6.45) is 10.4. The number of nitriles is 1. The zero-order chi connectivity index (χ0) is 30.8. The van der Waals surface area contributed by atoms with Crippen LogP contribution in [0.2, 0.25) is 0 Å². The Kier molecular flexibility index (Phi) is 18.2. The van der Waals surface area contributed by atoms with Crippen molar-refractivity contribution >= 4 is 0 Å². The van der Waals surface area contributed by atoms with Gasteiger partial charge in [0, 0.05) is 11.0 Å². The number of aryl methyl sites for hydroxylation is 1. The first-order valence-electron chi connectivity index (χ1n) is 15.7. The van der Waals surface area contributed by atoms with E-state index in [1.165, 1.54) is 55.2 Å². The molecule has 1 fully saturated rings. The van der Waals surface area contributed by atoms with Crippen molar-refractivity contribution in [1.82, 2.24) is 5.32 Å². The summed E-state index contributed by atoms with van der Waals surface area (Å²) >= 11 is 0. The molecule has 40 heavy (non-hydrogen) atoms. The van der Waals surface area contributed by atoms with E-state index in [-0.39, 0.29) is 5.41 Å². The second kappa shape index (κ2) is 19.5. The van der Waals surface area contributed by atoms with E-state index >= 15 is 0 Å². The van der Waals surface area contributed by atoms with Crippen molar-refractivity contribution in [3.05, 3.63) is 76.9 Å². The van der Waals surface area contributed by atoms with Gasteiger partial charge in [-0.25, -0.2) is 0 Å². The standard InChI is InChI=1S/C28H38N2O.C5H10.2C2H6/c1-7-28(30-6)14-12-22(13-15-28)19-31-26-10-8-24(9-11-26)27(4,5)25-16-20(2)21(3)23(17-25)18-29;1-3-5-4-2;2*1-2/h8-11,16-17,22,30H,7,12-15,19H2,1-6H3;3H,1,4-5H2,2H3;2*1-2H3. The number of nitrogens with one attached hydrogen (secondary N) is 1. The van der Waals surface area contributed by atoms with Crippen molar-refractivity contribution < 1.29 is 4.74 Å². The fourth-order valence-electron chi connectivity index (χ4n) is 5.07. The van der Waals surface area contributed by atoms with E-state index < -0.39 is 0 Å². The molecular formula is C37H60N2O. The summed E-state index contributed by atoms with van der Waals surface area (Å²) in [5.41, 5.74) is 5.56. The van der Waals surface area contributed by atoms with Gasteiger partial charge in [0.2, 0.25) is 0 Å². The van der Waals surface area contributed by atoms with E-state index in [2.05, 4.69) is 90.0 Å². The Bertz CT molecular complexity index is 1000. The molecule has 2 aromatic rings. The van der Waals surface area contributed by atoms with Gasteiger partial charge in [-0.15, -0.1) is 6.58 Å². The van der Waals surface area contributed by atoms with Crippen LogP contribution >= 0.6 is 0 Å². The summed E-state index contributed by atoms with van der Waals surface area (Å²) in [6.45, 7) is 25.3. The summed E-state index contributed by atoms with van der Waals surface area (Å²) in [6, 6.07) is 15.1. The molecule has 224 valence electrons. The van der Waals surface area contributed by atoms with E-state index in [1.807, 2.05) is 46.8 Å². The maximum Gasteiger partial charge on any atom is 0.119 e. The topological polar surface area (TPSA) is 45.0 Å². The molecule has 1 saturated carbocycles. The SMILES string of the molecule is C=CCCC.CC.CC.CCC1(NC)CCC(COc2ccc(C(C)(C)c3cc(C)c(C)c(C#N)c3)cc2)CC1. The third-order valence-corrected chi connectivity index (χ3v) is 8.33. The minimum absolute atomic E-state index is 0.178. The molecule has 0 spiro atoms. The van der Waals surface area contributed by atoms with E-state index in [4.69, 9.17) is 4.74 Å². The molecule has 0 aliphatic heterocycles. The number of unbranched alkanes of at least 4 members (excludes halogenated alkanes) is 1. The number of allylic oxidation sites excluding steroid dienone is 1. The highest BCUT2D eigenvalue weighted by molar-refractivity contribution is 5.49. The lowest BCUT2D eigenvalue weighted by Gasteiger charge is -2.39. The van der Waals surface area contributed by atoms with Gasteiger partial charge in [-0.05, 0) is 106 Å². The molecule has 1 aliphatic carbocycles. The predicted molar refractivity (Wildman–Crippen MR) is 177 cm³/mol. The number of hydrogen-bond donors (Lipinski definition) is 1. The molecule has 2 aromatic carbocycles. The van der Waals surface area contributed by atoms with Crippen LogP contribution in [0.3, 0.4) is 0 Å². The zero-order valence-corrected chi connectivity index (χ0v) is 27.8. The minimum atomic E-state index is -0.178. The van der Waals surface area contributed by atoms with Crippen molar-refractivity contribution in [3.8, 4) is 11.8 Å². The maximum atomic E-state index is 9.49. The highest BCUT2D eigenvalue weighted by Crippen LogP contribution is 2.36. The summed E-state index contributed by atoms with van der Waals surface area (Å²) in [4.78, 5) is 0. The molecule has 0 aromatic heterocycles. The third kappa shape index (κ3) is 10.8. The fraction of sp³-hybridized carbons (Fsp3) is 0.595. The number of nitrogens with zero attached hydrogens (tertiary/aromatic N) is 1. The minimum Gasteiger partial charge on any atom is -0.493 e. The van der Waals surface area contributed by atoms with Crippen molar-refractivity contribution in [2.45, 2.75) is 125 Å². The molecular weight excluding hydrogens is 488 g/mol. The molecule has 0 atom stereocenters. The van der Waals surface area contributed by atoms with Crippen molar-refractivity contribution in [3.63, 3.8) is 0 Å². The van der Waals surface area contributed by atoms with Crippen molar-refractivity contribution in [1.29, 1.82) is 5.26 Å². The van der Waals surface area contributed by atoms with Gasteiger partial charge in [-0.3, -0.25) is 0 Å². The largest absolute Gasteiger partial charge is 0.493 e. The zero-order valence-electron chi connectivity index (χ0n) is 27.8. The Balaban J connectivity index is 0.00000150. The normalized spacial score (nSPS) is 17.9. The third-order valence-electron chi connectivity index (χ3n) is 8.33. The van der Waals surface area contributed by atoms with Gasteiger partial charge in [-0.2, -0.15) is 5.26 Å². The first-order chi connectivity index (χ1) is 19.2. The van der Waals surface area contributed by atoms with Crippen LogP contribution in [0, 0.1) is 31.1 Å². The molecule has 0 bridgehead atoms. The van der Waals surface area contributed by atoms with Gasteiger partial charge >= 0.3 is 0 Å².